The molecule has 1 N–H and O–H groups in total. The van der Waals surface area contributed by atoms with E-state index < -0.39 is 0 Å². The zero-order valence-corrected chi connectivity index (χ0v) is 20.8. The van der Waals surface area contributed by atoms with Crippen molar-refractivity contribution in [1.29, 1.82) is 0 Å². The Morgan fingerprint density at radius 1 is 1.08 bits per heavy atom. The number of fused-ring (bicyclic) bond motifs is 1. The Kier molecular flexibility index (Phi) is 7.04. The van der Waals surface area contributed by atoms with Crippen LogP contribution in [0, 0.1) is 5.92 Å². The van der Waals surface area contributed by atoms with E-state index in [4.69, 9.17) is 9.47 Å². The second kappa shape index (κ2) is 10.5. The van der Waals surface area contributed by atoms with Gasteiger partial charge in [-0.15, -0.1) is 0 Å². The fraction of sp³-hybridized carbons (Fsp3) is 0.393. The van der Waals surface area contributed by atoms with Crippen LogP contribution in [-0.4, -0.2) is 46.5 Å². The van der Waals surface area contributed by atoms with E-state index in [1.165, 1.54) is 5.56 Å². The summed E-state index contributed by atoms with van der Waals surface area (Å²) in [6.45, 7) is 4.10. The first-order valence-corrected chi connectivity index (χ1v) is 12.5. The minimum Gasteiger partial charge on any atom is -0.497 e. The normalized spacial score (nSPS) is 17.9. The molecule has 2 aliphatic heterocycles. The average molecular weight is 489 g/mol. The minimum absolute atomic E-state index is 0.0173. The van der Waals surface area contributed by atoms with Crippen LogP contribution < -0.4 is 10.1 Å². The summed E-state index contributed by atoms with van der Waals surface area (Å²) in [7, 11) is 1.64. The number of piperidine rings is 1. The zero-order valence-electron chi connectivity index (χ0n) is 20.8. The van der Waals surface area contributed by atoms with E-state index in [2.05, 4.69) is 17.2 Å². The Morgan fingerprint density at radius 3 is 2.47 bits per heavy atom. The van der Waals surface area contributed by atoms with Crippen molar-refractivity contribution in [3.8, 4) is 5.75 Å². The fourth-order valence-electron chi connectivity index (χ4n) is 4.89. The number of aryl methyl sites for hydroxylation is 1. The number of amides is 2. The van der Waals surface area contributed by atoms with Gasteiger partial charge in [0.25, 0.3) is 5.91 Å². The number of nitrogens with zero attached hydrogens (tertiary/aromatic N) is 3. The lowest BCUT2D eigenvalue weighted by Gasteiger charge is -2.31. The number of anilines is 1. The van der Waals surface area contributed by atoms with E-state index in [-0.39, 0.29) is 23.8 Å². The molecule has 1 aromatic heterocycles. The van der Waals surface area contributed by atoms with Crippen LogP contribution in [0.15, 0.2) is 54.9 Å². The molecule has 0 saturated carbocycles. The third-order valence-electron chi connectivity index (χ3n) is 7.20. The molecule has 0 aliphatic carbocycles. The van der Waals surface area contributed by atoms with Crippen molar-refractivity contribution in [3.05, 3.63) is 77.4 Å². The van der Waals surface area contributed by atoms with Gasteiger partial charge in [-0.25, -0.2) is 4.98 Å². The van der Waals surface area contributed by atoms with Gasteiger partial charge in [0.05, 0.1) is 32.3 Å². The molecular weight excluding hydrogens is 456 g/mol. The number of nitrogens with one attached hydrogen (secondary N) is 1. The van der Waals surface area contributed by atoms with Crippen molar-refractivity contribution in [2.24, 2.45) is 5.92 Å². The van der Waals surface area contributed by atoms with Gasteiger partial charge in [0.2, 0.25) is 5.91 Å². The molecule has 3 aromatic rings. The van der Waals surface area contributed by atoms with Gasteiger partial charge in [0.15, 0.2) is 5.69 Å². The topological polar surface area (TPSA) is 85.7 Å². The second-order valence-corrected chi connectivity index (χ2v) is 9.37. The molecular formula is C28H32N4O4. The van der Waals surface area contributed by atoms with Crippen LogP contribution in [0.5, 0.6) is 5.75 Å². The van der Waals surface area contributed by atoms with Gasteiger partial charge in [-0.05, 0) is 54.7 Å². The first-order valence-electron chi connectivity index (χ1n) is 12.5. The summed E-state index contributed by atoms with van der Waals surface area (Å²) in [5.41, 5.74) is 4.36. The molecule has 0 bridgehead atoms. The van der Waals surface area contributed by atoms with E-state index in [0.29, 0.717) is 44.8 Å². The smallest absolute Gasteiger partial charge is 0.274 e. The van der Waals surface area contributed by atoms with Crippen LogP contribution >= 0.6 is 0 Å². The van der Waals surface area contributed by atoms with E-state index in [1.807, 2.05) is 53.1 Å². The van der Waals surface area contributed by atoms with Crippen molar-refractivity contribution in [2.75, 3.05) is 25.5 Å². The molecule has 8 heteroatoms. The van der Waals surface area contributed by atoms with Crippen molar-refractivity contribution in [1.82, 2.24) is 14.5 Å². The number of methoxy groups -OCH3 is 1. The minimum atomic E-state index is -0.107. The Morgan fingerprint density at radius 2 is 1.81 bits per heavy atom. The molecule has 0 spiro atoms. The average Bonchev–Trinajstić information content (AvgIpc) is 3.36. The van der Waals surface area contributed by atoms with E-state index >= 15 is 0 Å². The third kappa shape index (κ3) is 4.99. The molecule has 2 aromatic carbocycles. The van der Waals surface area contributed by atoms with Gasteiger partial charge < -0.3 is 24.3 Å². The van der Waals surface area contributed by atoms with E-state index in [1.54, 1.807) is 18.3 Å². The summed E-state index contributed by atoms with van der Waals surface area (Å²) in [4.78, 5) is 32.3. The number of carbonyl (C=O) groups is 2. The summed E-state index contributed by atoms with van der Waals surface area (Å²) in [5, 5.41) is 3.02. The SMILES string of the molecule is CCc1ccc(NC(=O)C2CCN(C(=O)c3ncn4c3COC(c3ccc(OC)cc3)C4)CC2)cc1. The molecule has 1 unspecified atom stereocenters. The molecule has 1 atom stereocenters. The largest absolute Gasteiger partial charge is 0.497 e. The maximum absolute atomic E-state index is 13.3. The first kappa shape index (κ1) is 24.1. The summed E-state index contributed by atoms with van der Waals surface area (Å²) in [6.07, 6.45) is 3.86. The molecule has 1 saturated heterocycles. The number of ether oxygens (including phenoxy) is 2. The van der Waals surface area contributed by atoms with Gasteiger partial charge in [0, 0.05) is 24.7 Å². The van der Waals surface area contributed by atoms with Crippen LogP contribution in [-0.2, 0) is 29.1 Å². The lowest BCUT2D eigenvalue weighted by Crippen LogP contribution is -2.42. The molecule has 8 nitrogen and oxygen atoms in total. The number of benzene rings is 2. The number of likely N-dealkylation sites (tertiary alicyclic amines) is 1. The summed E-state index contributed by atoms with van der Waals surface area (Å²) in [5.74, 6) is 0.620. The fourth-order valence-corrected chi connectivity index (χ4v) is 4.89. The Hall–Kier alpha value is -3.65. The number of hydrogen-bond acceptors (Lipinski definition) is 5. The maximum atomic E-state index is 13.3. The summed E-state index contributed by atoms with van der Waals surface area (Å²) >= 11 is 0. The van der Waals surface area contributed by atoms with E-state index in [0.717, 1.165) is 29.1 Å². The zero-order chi connectivity index (χ0) is 25.1. The number of aromatic nitrogens is 2. The molecule has 188 valence electrons. The number of hydrogen-bond donors (Lipinski definition) is 1. The van der Waals surface area contributed by atoms with Gasteiger partial charge in [-0.3, -0.25) is 9.59 Å². The molecule has 1 fully saturated rings. The Bertz CT molecular complexity index is 1210. The quantitative estimate of drug-likeness (QED) is 0.562. The molecule has 36 heavy (non-hydrogen) atoms. The van der Waals surface area contributed by atoms with Crippen molar-refractivity contribution in [3.63, 3.8) is 0 Å². The lowest BCUT2D eigenvalue weighted by atomic mass is 9.95. The maximum Gasteiger partial charge on any atom is 0.274 e. The molecule has 0 radical (unpaired) electrons. The third-order valence-corrected chi connectivity index (χ3v) is 7.20. The van der Waals surface area contributed by atoms with Crippen molar-refractivity contribution < 1.29 is 19.1 Å². The molecule has 3 heterocycles. The predicted molar refractivity (Wildman–Crippen MR) is 136 cm³/mol. The highest BCUT2D eigenvalue weighted by Crippen LogP contribution is 2.30. The Balaban J connectivity index is 1.17. The number of imidazole rings is 1. The van der Waals surface area contributed by atoms with Crippen molar-refractivity contribution in [2.45, 2.75) is 45.4 Å². The molecule has 2 aliphatic rings. The number of rotatable bonds is 6. The summed E-state index contributed by atoms with van der Waals surface area (Å²) in [6, 6.07) is 15.8. The highest BCUT2D eigenvalue weighted by molar-refractivity contribution is 5.95. The Labute approximate surface area is 211 Å². The monoisotopic (exact) mass is 488 g/mol. The predicted octanol–water partition coefficient (Wildman–Crippen LogP) is 4.22. The van der Waals surface area contributed by atoms with Gasteiger partial charge >= 0.3 is 0 Å². The molecule has 5 rings (SSSR count). The molecule has 2 amide bonds. The first-order chi connectivity index (χ1) is 17.6. The standard InChI is InChI=1S/C28H32N4O4/c1-3-19-4-8-22(9-5-19)30-27(33)21-12-14-31(15-13-21)28(34)26-24-17-36-25(16-32(24)18-29-26)20-6-10-23(35-2)11-7-20/h4-11,18,21,25H,3,12-17H2,1-2H3,(H,30,33). The van der Waals surface area contributed by atoms with Crippen LogP contribution in [0.2, 0.25) is 0 Å². The number of carbonyl (C=O) groups excluding carboxylic acids is 2. The second-order valence-electron chi connectivity index (χ2n) is 9.37. The summed E-state index contributed by atoms with van der Waals surface area (Å²) < 4.78 is 13.3. The van der Waals surface area contributed by atoms with Crippen LogP contribution in [0.4, 0.5) is 5.69 Å². The highest BCUT2D eigenvalue weighted by atomic mass is 16.5. The highest BCUT2D eigenvalue weighted by Gasteiger charge is 2.32. The van der Waals surface area contributed by atoms with Crippen LogP contribution in [0.1, 0.15) is 53.2 Å². The van der Waals surface area contributed by atoms with Crippen LogP contribution in [0.3, 0.4) is 0 Å². The van der Waals surface area contributed by atoms with Gasteiger partial charge in [0.1, 0.15) is 11.9 Å². The van der Waals surface area contributed by atoms with Gasteiger partial charge in [-0.2, -0.15) is 0 Å². The lowest BCUT2D eigenvalue weighted by molar-refractivity contribution is -0.121. The van der Waals surface area contributed by atoms with Crippen LogP contribution in [0.25, 0.3) is 0 Å². The van der Waals surface area contributed by atoms with E-state index in [9.17, 15) is 9.59 Å². The van der Waals surface area contributed by atoms with Crippen molar-refractivity contribution >= 4 is 17.5 Å². The van der Waals surface area contributed by atoms with Gasteiger partial charge in [-0.1, -0.05) is 31.2 Å².